The van der Waals surface area contributed by atoms with E-state index in [1.807, 2.05) is 11.3 Å². The average Bonchev–Trinajstić information content (AvgIpc) is 3.78. The van der Waals surface area contributed by atoms with Crippen molar-refractivity contribution >= 4 is 75.5 Å². The molecule has 9 aromatic carbocycles. The van der Waals surface area contributed by atoms with E-state index < -0.39 is 0 Å². The van der Waals surface area contributed by atoms with Crippen molar-refractivity contribution in [3.05, 3.63) is 200 Å². The molecule has 3 heteroatoms. The fourth-order valence-electron chi connectivity index (χ4n) is 8.26. The van der Waals surface area contributed by atoms with Crippen LogP contribution in [0.2, 0.25) is 0 Å². The molecule has 11 aromatic rings. The van der Waals surface area contributed by atoms with Gasteiger partial charge in [0.1, 0.15) is 0 Å². The Morgan fingerprint density at radius 1 is 0.364 bits per heavy atom. The first kappa shape index (κ1) is 31.6. The van der Waals surface area contributed by atoms with Gasteiger partial charge in [0.25, 0.3) is 0 Å². The number of nitrogens with zero attached hydrogens (tertiary/aromatic N) is 1. The molecule has 0 fully saturated rings. The highest BCUT2D eigenvalue weighted by molar-refractivity contribution is 7.25. The van der Waals surface area contributed by atoms with Crippen LogP contribution in [0.4, 0.5) is 11.4 Å². The van der Waals surface area contributed by atoms with E-state index in [-0.39, 0.29) is 0 Å². The molecule has 2 heterocycles. The van der Waals surface area contributed by atoms with Crippen molar-refractivity contribution in [2.24, 2.45) is 0 Å². The van der Waals surface area contributed by atoms with Gasteiger partial charge in [-0.15, -0.1) is 11.3 Å². The molecule has 258 valence electrons. The van der Waals surface area contributed by atoms with Crippen LogP contribution in [0.5, 0.6) is 0 Å². The second-order valence-electron chi connectivity index (χ2n) is 14.3. The maximum Gasteiger partial charge on any atom is 0.0555 e. The molecule has 0 saturated carbocycles. The van der Waals surface area contributed by atoms with E-state index in [9.17, 15) is 0 Å². The van der Waals surface area contributed by atoms with Crippen LogP contribution in [-0.4, -0.2) is 4.57 Å². The number of rotatable bonds is 6. The van der Waals surface area contributed by atoms with Gasteiger partial charge < -0.3 is 9.88 Å². The molecule has 1 N–H and O–H groups in total. The van der Waals surface area contributed by atoms with Crippen LogP contribution in [0.15, 0.2) is 200 Å². The van der Waals surface area contributed by atoms with Crippen molar-refractivity contribution in [1.82, 2.24) is 4.57 Å². The molecule has 0 unspecified atom stereocenters. The lowest BCUT2D eigenvalue weighted by Gasteiger charge is -2.15. The molecule has 11 rings (SSSR count). The van der Waals surface area contributed by atoms with E-state index in [1.165, 1.54) is 80.6 Å². The summed E-state index contributed by atoms with van der Waals surface area (Å²) in [5.74, 6) is 0. The van der Waals surface area contributed by atoms with Crippen LogP contribution in [0.25, 0.3) is 91.8 Å². The summed E-state index contributed by atoms with van der Waals surface area (Å²) in [6.45, 7) is 0. The topological polar surface area (TPSA) is 17.0 Å². The molecule has 0 saturated heterocycles. The van der Waals surface area contributed by atoms with Gasteiger partial charge in [-0.05, 0) is 105 Å². The van der Waals surface area contributed by atoms with Crippen molar-refractivity contribution in [1.29, 1.82) is 0 Å². The second kappa shape index (κ2) is 12.9. The van der Waals surface area contributed by atoms with Crippen molar-refractivity contribution in [3.8, 4) is 39.1 Å². The van der Waals surface area contributed by atoms with Crippen LogP contribution in [0, 0.1) is 0 Å². The van der Waals surface area contributed by atoms with Gasteiger partial charge in [0.15, 0.2) is 0 Å². The lowest BCUT2D eigenvalue weighted by atomic mass is 9.96. The molecule has 0 bridgehead atoms. The molecular weight excluding hydrogens is 685 g/mol. The van der Waals surface area contributed by atoms with Crippen LogP contribution >= 0.6 is 11.3 Å². The molecule has 0 aliphatic heterocycles. The monoisotopic (exact) mass is 718 g/mol. The van der Waals surface area contributed by atoms with Gasteiger partial charge in [0.05, 0.1) is 11.0 Å². The van der Waals surface area contributed by atoms with Crippen LogP contribution < -0.4 is 5.32 Å². The van der Waals surface area contributed by atoms with E-state index in [0.717, 1.165) is 22.6 Å². The first-order valence-corrected chi connectivity index (χ1v) is 19.6. The minimum Gasteiger partial charge on any atom is -0.355 e. The third-order valence-corrected chi connectivity index (χ3v) is 12.1. The number of hydrogen-bond acceptors (Lipinski definition) is 2. The molecule has 0 aliphatic rings. The summed E-state index contributed by atoms with van der Waals surface area (Å²) in [4.78, 5) is 0. The highest BCUT2D eigenvalue weighted by atomic mass is 32.1. The van der Waals surface area contributed by atoms with E-state index in [4.69, 9.17) is 0 Å². The van der Waals surface area contributed by atoms with Gasteiger partial charge in [0.2, 0.25) is 0 Å². The van der Waals surface area contributed by atoms with Crippen molar-refractivity contribution < 1.29 is 0 Å². The van der Waals surface area contributed by atoms with Crippen LogP contribution in [-0.2, 0) is 0 Å². The summed E-state index contributed by atoms with van der Waals surface area (Å²) >= 11 is 1.87. The summed E-state index contributed by atoms with van der Waals surface area (Å²) in [5, 5.41) is 11.3. The Bertz CT molecular complexity index is 3230. The Morgan fingerprint density at radius 2 is 1.05 bits per heavy atom. The molecular formula is C52H34N2S. The highest BCUT2D eigenvalue weighted by Gasteiger charge is 2.18. The average molecular weight is 719 g/mol. The zero-order valence-corrected chi connectivity index (χ0v) is 30.7. The lowest BCUT2D eigenvalue weighted by molar-refractivity contribution is 1.18. The van der Waals surface area contributed by atoms with Crippen LogP contribution in [0.3, 0.4) is 0 Å². The second-order valence-corrected chi connectivity index (χ2v) is 15.3. The molecule has 55 heavy (non-hydrogen) atoms. The quantitative estimate of drug-likeness (QED) is 0.181. The number of thiophene rings is 1. The van der Waals surface area contributed by atoms with E-state index in [0.29, 0.717) is 0 Å². The minimum absolute atomic E-state index is 1.07. The van der Waals surface area contributed by atoms with Gasteiger partial charge in [-0.25, -0.2) is 0 Å². The highest BCUT2D eigenvalue weighted by Crippen LogP contribution is 2.43. The largest absolute Gasteiger partial charge is 0.355 e. The zero-order chi connectivity index (χ0) is 36.3. The van der Waals surface area contributed by atoms with Crippen LogP contribution in [0.1, 0.15) is 0 Å². The predicted molar refractivity (Wildman–Crippen MR) is 237 cm³/mol. The van der Waals surface area contributed by atoms with E-state index >= 15 is 0 Å². The molecule has 0 atom stereocenters. The fraction of sp³-hybridized carbons (Fsp3) is 0. The summed E-state index contributed by atoms with van der Waals surface area (Å²) < 4.78 is 5.08. The van der Waals surface area contributed by atoms with E-state index in [2.05, 4.69) is 210 Å². The van der Waals surface area contributed by atoms with Gasteiger partial charge in [-0.2, -0.15) is 0 Å². The molecule has 0 spiro atoms. The molecule has 0 aliphatic carbocycles. The van der Waals surface area contributed by atoms with E-state index in [1.54, 1.807) is 0 Å². The Balaban J connectivity index is 1.10. The van der Waals surface area contributed by atoms with Gasteiger partial charge >= 0.3 is 0 Å². The summed E-state index contributed by atoms with van der Waals surface area (Å²) in [6, 6.07) is 72.8. The summed E-state index contributed by atoms with van der Waals surface area (Å²) in [5.41, 5.74) is 12.9. The normalized spacial score (nSPS) is 11.6. The van der Waals surface area contributed by atoms with Crippen molar-refractivity contribution in [2.75, 3.05) is 5.32 Å². The Hall–Kier alpha value is -6.94. The Morgan fingerprint density at radius 3 is 1.93 bits per heavy atom. The molecule has 0 radical (unpaired) electrons. The van der Waals surface area contributed by atoms with Gasteiger partial charge in [0, 0.05) is 53.6 Å². The number of fused-ring (bicyclic) bond motifs is 7. The SMILES string of the molecule is c1ccc(-c2cccc(-n3c4ccc(-c5ccc(Nc6ccc7ccccc7c6)c(-c6ccccc6)c5)cc4c4cc5c(cc43)sc3ccccc35)c2)cc1. The smallest absolute Gasteiger partial charge is 0.0555 e. The number of anilines is 2. The Labute approximate surface area is 323 Å². The molecule has 0 amide bonds. The fourth-order valence-corrected chi connectivity index (χ4v) is 9.38. The summed E-state index contributed by atoms with van der Waals surface area (Å²) in [6.07, 6.45) is 0. The Kier molecular flexibility index (Phi) is 7.39. The number of hydrogen-bond donors (Lipinski definition) is 1. The molecule has 2 nitrogen and oxygen atoms in total. The zero-order valence-electron chi connectivity index (χ0n) is 29.9. The number of nitrogens with one attached hydrogen (secondary N) is 1. The molecule has 2 aromatic heterocycles. The standard InChI is InChI=1S/C52H34N2S/c1-3-12-34(13-4-1)38-18-11-19-42(29-38)54-49-27-24-40(31-45(49)46-32-47-43-20-9-10-21-51(43)55-52(47)33-50(46)54)39-23-26-48(44(30-39)36-15-5-2-6-16-36)53-41-25-22-35-14-7-8-17-37(35)28-41/h1-33,53H. The number of aromatic nitrogens is 1. The maximum atomic E-state index is 3.76. The number of benzene rings is 9. The third kappa shape index (κ3) is 5.48. The van der Waals surface area contributed by atoms with Crippen molar-refractivity contribution in [2.45, 2.75) is 0 Å². The lowest BCUT2D eigenvalue weighted by Crippen LogP contribution is -1.95. The first-order valence-electron chi connectivity index (χ1n) is 18.7. The van der Waals surface area contributed by atoms with Gasteiger partial charge in [-0.1, -0.05) is 133 Å². The van der Waals surface area contributed by atoms with Gasteiger partial charge in [-0.3, -0.25) is 0 Å². The summed E-state index contributed by atoms with van der Waals surface area (Å²) in [7, 11) is 0. The first-order chi connectivity index (χ1) is 27.2. The predicted octanol–water partition coefficient (Wildman–Crippen LogP) is 15.0. The minimum atomic E-state index is 1.07. The third-order valence-electron chi connectivity index (χ3n) is 10.9. The maximum absolute atomic E-state index is 3.76. The van der Waals surface area contributed by atoms with Crippen molar-refractivity contribution in [3.63, 3.8) is 0 Å².